The summed E-state index contributed by atoms with van der Waals surface area (Å²) in [6, 6.07) is 5.86. The molecule has 26 heavy (non-hydrogen) atoms. The van der Waals surface area contributed by atoms with Crippen LogP contribution in [-0.2, 0) is 10.0 Å². The van der Waals surface area contributed by atoms with E-state index in [0.717, 1.165) is 11.3 Å². The molecule has 0 fully saturated rings. The maximum atomic E-state index is 12.6. The highest BCUT2D eigenvalue weighted by atomic mass is 32.2. The van der Waals surface area contributed by atoms with E-state index in [1.54, 1.807) is 20.8 Å². The Kier molecular flexibility index (Phi) is 6.27. The predicted octanol–water partition coefficient (Wildman–Crippen LogP) is 2.94. The van der Waals surface area contributed by atoms with E-state index >= 15 is 0 Å². The molecule has 0 unspecified atom stereocenters. The molecule has 0 saturated heterocycles. The van der Waals surface area contributed by atoms with Crippen LogP contribution in [0.15, 0.2) is 29.2 Å². The van der Waals surface area contributed by atoms with Gasteiger partial charge in [0, 0.05) is 25.6 Å². The van der Waals surface area contributed by atoms with Crippen molar-refractivity contribution in [1.29, 1.82) is 0 Å². The van der Waals surface area contributed by atoms with Gasteiger partial charge in [0.15, 0.2) is 10.9 Å². The van der Waals surface area contributed by atoms with E-state index in [4.69, 9.17) is 0 Å². The van der Waals surface area contributed by atoms with Gasteiger partial charge in [-0.25, -0.2) is 13.4 Å². The minimum Gasteiger partial charge on any atom is -0.298 e. The first-order chi connectivity index (χ1) is 12.2. The molecule has 1 N–H and O–H groups in total. The maximum absolute atomic E-state index is 12.6. The quantitative estimate of drug-likeness (QED) is 0.727. The van der Waals surface area contributed by atoms with Crippen LogP contribution in [0, 0.1) is 6.92 Å². The molecule has 0 spiro atoms. The number of carbonyl (C=O) groups is 2. The van der Waals surface area contributed by atoms with Crippen molar-refractivity contribution in [2.45, 2.75) is 32.6 Å². The first-order valence-electron chi connectivity index (χ1n) is 8.10. The molecule has 1 amide bonds. The van der Waals surface area contributed by atoms with Crippen LogP contribution in [0.5, 0.6) is 0 Å². The van der Waals surface area contributed by atoms with Gasteiger partial charge in [-0.3, -0.25) is 14.9 Å². The van der Waals surface area contributed by atoms with Crippen LogP contribution in [0.3, 0.4) is 0 Å². The highest BCUT2D eigenvalue weighted by Gasteiger charge is 2.23. The summed E-state index contributed by atoms with van der Waals surface area (Å²) < 4.78 is 26.5. The lowest BCUT2D eigenvalue weighted by molar-refractivity contribution is 0.101. The summed E-state index contributed by atoms with van der Waals surface area (Å²) in [5.41, 5.74) is 0.756. The molecule has 140 valence electrons. The Morgan fingerprint density at radius 3 is 2.42 bits per heavy atom. The summed E-state index contributed by atoms with van der Waals surface area (Å²) in [6.07, 6.45) is 0. The Labute approximate surface area is 157 Å². The van der Waals surface area contributed by atoms with Gasteiger partial charge in [-0.05, 0) is 25.1 Å². The molecule has 1 heterocycles. The molecule has 0 bridgehead atoms. The van der Waals surface area contributed by atoms with Crippen molar-refractivity contribution in [3.63, 3.8) is 0 Å². The summed E-state index contributed by atoms with van der Waals surface area (Å²) in [5, 5.41) is 2.92. The zero-order valence-corrected chi connectivity index (χ0v) is 16.7. The standard InChI is InChI=1S/C17H21N3O4S2/c1-5-20(6-2)26(23,24)14-9-7-8-13(10-14)16(22)19-17-18-11(3)15(25-17)12(4)21/h7-10H,5-6H2,1-4H3,(H,18,19,22). The number of anilines is 1. The van der Waals surface area contributed by atoms with Gasteiger partial charge in [0.1, 0.15) is 0 Å². The van der Waals surface area contributed by atoms with Crippen molar-refractivity contribution >= 4 is 38.2 Å². The lowest BCUT2D eigenvalue weighted by Gasteiger charge is -2.18. The molecular formula is C17H21N3O4S2. The lowest BCUT2D eigenvalue weighted by atomic mass is 10.2. The van der Waals surface area contributed by atoms with E-state index in [1.165, 1.54) is 35.5 Å². The fraction of sp³-hybridized carbons (Fsp3) is 0.353. The van der Waals surface area contributed by atoms with Crippen LogP contribution < -0.4 is 5.32 Å². The van der Waals surface area contributed by atoms with Gasteiger partial charge >= 0.3 is 0 Å². The van der Waals surface area contributed by atoms with Crippen molar-refractivity contribution in [2.75, 3.05) is 18.4 Å². The third-order valence-corrected chi connectivity index (χ3v) is 7.00. The molecule has 0 saturated carbocycles. The highest BCUT2D eigenvalue weighted by Crippen LogP contribution is 2.24. The number of nitrogens with zero attached hydrogens (tertiary/aromatic N) is 2. The van der Waals surface area contributed by atoms with Crippen LogP contribution in [0.2, 0.25) is 0 Å². The van der Waals surface area contributed by atoms with Gasteiger partial charge in [0.25, 0.3) is 5.91 Å². The van der Waals surface area contributed by atoms with E-state index in [-0.39, 0.29) is 16.2 Å². The maximum Gasteiger partial charge on any atom is 0.257 e. The van der Waals surface area contributed by atoms with Crippen molar-refractivity contribution in [1.82, 2.24) is 9.29 Å². The first-order valence-corrected chi connectivity index (χ1v) is 10.4. The van der Waals surface area contributed by atoms with Gasteiger partial charge in [-0.2, -0.15) is 4.31 Å². The zero-order valence-electron chi connectivity index (χ0n) is 15.1. The van der Waals surface area contributed by atoms with Crippen LogP contribution in [0.1, 0.15) is 46.5 Å². The molecule has 0 aliphatic heterocycles. The van der Waals surface area contributed by atoms with Crippen LogP contribution in [-0.4, -0.2) is 42.5 Å². The van der Waals surface area contributed by atoms with Gasteiger partial charge < -0.3 is 0 Å². The zero-order chi connectivity index (χ0) is 19.5. The van der Waals surface area contributed by atoms with Crippen LogP contribution in [0.4, 0.5) is 5.13 Å². The van der Waals surface area contributed by atoms with Gasteiger partial charge in [-0.1, -0.05) is 31.3 Å². The van der Waals surface area contributed by atoms with Crippen molar-refractivity contribution in [3.05, 3.63) is 40.4 Å². The van der Waals surface area contributed by atoms with Gasteiger partial charge in [0.05, 0.1) is 15.5 Å². The average Bonchev–Trinajstić information content (AvgIpc) is 2.96. The number of aromatic nitrogens is 1. The Bertz CT molecular complexity index is 931. The van der Waals surface area contributed by atoms with Crippen molar-refractivity contribution < 1.29 is 18.0 Å². The molecule has 0 atom stereocenters. The molecule has 2 rings (SSSR count). The summed E-state index contributed by atoms with van der Waals surface area (Å²) in [7, 11) is -3.65. The number of aryl methyl sites for hydroxylation is 1. The molecule has 2 aromatic rings. The molecule has 1 aromatic heterocycles. The van der Waals surface area contributed by atoms with Gasteiger partial charge in [0.2, 0.25) is 10.0 Å². The molecule has 0 aliphatic carbocycles. The van der Waals surface area contributed by atoms with E-state index in [2.05, 4.69) is 10.3 Å². The highest BCUT2D eigenvalue weighted by molar-refractivity contribution is 7.89. The van der Waals surface area contributed by atoms with E-state index in [0.29, 0.717) is 28.8 Å². The van der Waals surface area contributed by atoms with E-state index in [1.807, 2.05) is 0 Å². The predicted molar refractivity (Wildman–Crippen MR) is 101 cm³/mol. The fourth-order valence-corrected chi connectivity index (χ4v) is 4.82. The number of ketones is 1. The Morgan fingerprint density at radius 1 is 1.23 bits per heavy atom. The Morgan fingerprint density at radius 2 is 1.88 bits per heavy atom. The number of sulfonamides is 1. The first kappa shape index (κ1) is 20.2. The fourth-order valence-electron chi connectivity index (χ4n) is 2.46. The second kappa shape index (κ2) is 8.07. The number of carbonyl (C=O) groups excluding carboxylic acids is 2. The normalized spacial score (nSPS) is 11.6. The third-order valence-electron chi connectivity index (χ3n) is 3.78. The molecule has 9 heteroatoms. The number of benzene rings is 1. The second-order valence-corrected chi connectivity index (χ2v) is 8.50. The third kappa shape index (κ3) is 4.17. The summed E-state index contributed by atoms with van der Waals surface area (Å²) in [5.74, 6) is -0.599. The SMILES string of the molecule is CCN(CC)S(=O)(=O)c1cccc(C(=O)Nc2nc(C)c(C(C)=O)s2)c1. The summed E-state index contributed by atoms with van der Waals surface area (Å²) >= 11 is 1.09. The van der Waals surface area contributed by atoms with Crippen molar-refractivity contribution in [2.24, 2.45) is 0 Å². The number of thiazole rings is 1. The number of rotatable bonds is 7. The average molecular weight is 396 g/mol. The number of Topliss-reactive ketones (excluding diaryl/α,β-unsaturated/α-hetero) is 1. The van der Waals surface area contributed by atoms with E-state index in [9.17, 15) is 18.0 Å². The number of hydrogen-bond donors (Lipinski definition) is 1. The smallest absolute Gasteiger partial charge is 0.257 e. The number of nitrogens with one attached hydrogen (secondary N) is 1. The van der Waals surface area contributed by atoms with Crippen LogP contribution >= 0.6 is 11.3 Å². The number of amides is 1. The lowest BCUT2D eigenvalue weighted by Crippen LogP contribution is -2.30. The Hall–Kier alpha value is -2.10. The second-order valence-electron chi connectivity index (χ2n) is 5.56. The van der Waals surface area contributed by atoms with Crippen LogP contribution in [0.25, 0.3) is 0 Å². The number of hydrogen-bond acceptors (Lipinski definition) is 6. The summed E-state index contributed by atoms with van der Waals surface area (Å²) in [4.78, 5) is 28.7. The molecule has 0 aliphatic rings. The van der Waals surface area contributed by atoms with E-state index < -0.39 is 15.9 Å². The Balaban J connectivity index is 2.28. The minimum atomic E-state index is -3.65. The molecule has 0 radical (unpaired) electrons. The topological polar surface area (TPSA) is 96.4 Å². The molecule has 7 nitrogen and oxygen atoms in total. The van der Waals surface area contributed by atoms with Gasteiger partial charge in [-0.15, -0.1) is 0 Å². The molecular weight excluding hydrogens is 374 g/mol. The molecule has 1 aromatic carbocycles. The largest absolute Gasteiger partial charge is 0.298 e. The summed E-state index contributed by atoms with van der Waals surface area (Å²) in [6.45, 7) is 7.35. The minimum absolute atomic E-state index is 0.0635. The monoisotopic (exact) mass is 395 g/mol. The van der Waals surface area contributed by atoms with Crippen molar-refractivity contribution in [3.8, 4) is 0 Å².